The molecule has 104 valence electrons. The summed E-state index contributed by atoms with van der Waals surface area (Å²) in [5.74, 6) is 0.267. The van der Waals surface area contributed by atoms with E-state index >= 15 is 0 Å². The third kappa shape index (κ3) is 2.89. The number of hydrogen-bond acceptors (Lipinski definition) is 3. The molecular formula is C15H15FN2OS. The highest BCUT2D eigenvalue weighted by Gasteiger charge is 2.18. The lowest BCUT2D eigenvalue weighted by molar-refractivity contribution is 0.0946. The Morgan fingerprint density at radius 3 is 2.65 bits per heavy atom. The van der Waals surface area contributed by atoms with Gasteiger partial charge in [-0.25, -0.2) is 4.39 Å². The maximum Gasteiger partial charge on any atom is 0.261 e. The number of thiophene rings is 1. The fraction of sp³-hybridized carbons (Fsp3) is 0.267. The molecule has 20 heavy (non-hydrogen) atoms. The molecule has 0 saturated carbocycles. The fourth-order valence-corrected chi connectivity index (χ4v) is 2.97. The Morgan fingerprint density at radius 1 is 1.25 bits per heavy atom. The highest BCUT2D eigenvalue weighted by Crippen LogP contribution is 2.28. The van der Waals surface area contributed by atoms with E-state index in [2.05, 4.69) is 10.6 Å². The minimum atomic E-state index is -0.252. The molecule has 2 aromatic rings. The number of nitrogens with one attached hydrogen (secondary N) is 2. The summed E-state index contributed by atoms with van der Waals surface area (Å²) in [5, 5.41) is 6.12. The summed E-state index contributed by atoms with van der Waals surface area (Å²) in [5.41, 5.74) is 0.929. The average Bonchev–Trinajstić information content (AvgIpc) is 2.87. The molecule has 0 radical (unpaired) electrons. The van der Waals surface area contributed by atoms with Gasteiger partial charge in [0.2, 0.25) is 0 Å². The SMILES string of the molecule is O=C(NCC1CNC1)c1ccc(-c2ccc(F)cc2)s1. The summed E-state index contributed by atoms with van der Waals surface area (Å²) in [6.45, 7) is 2.67. The Labute approximate surface area is 120 Å². The molecule has 1 aliphatic rings. The summed E-state index contributed by atoms with van der Waals surface area (Å²) < 4.78 is 12.9. The van der Waals surface area contributed by atoms with E-state index in [1.54, 1.807) is 12.1 Å². The van der Waals surface area contributed by atoms with Crippen LogP contribution in [0.4, 0.5) is 4.39 Å². The molecule has 0 atom stereocenters. The second-order valence-corrected chi connectivity index (χ2v) is 5.99. The van der Waals surface area contributed by atoms with Gasteiger partial charge in [0.25, 0.3) is 5.91 Å². The number of benzene rings is 1. The van der Waals surface area contributed by atoms with Gasteiger partial charge < -0.3 is 10.6 Å². The number of carbonyl (C=O) groups excluding carboxylic acids is 1. The molecule has 0 spiro atoms. The van der Waals surface area contributed by atoms with Crippen LogP contribution in [-0.2, 0) is 0 Å². The normalized spacial score (nSPS) is 14.8. The van der Waals surface area contributed by atoms with Crippen molar-refractivity contribution in [3.63, 3.8) is 0 Å². The van der Waals surface area contributed by atoms with Crippen molar-refractivity contribution >= 4 is 17.2 Å². The first-order valence-corrected chi connectivity index (χ1v) is 7.39. The van der Waals surface area contributed by atoms with E-state index in [-0.39, 0.29) is 11.7 Å². The predicted molar refractivity (Wildman–Crippen MR) is 78.4 cm³/mol. The summed E-state index contributed by atoms with van der Waals surface area (Å²) in [4.78, 5) is 13.7. The molecule has 3 rings (SSSR count). The van der Waals surface area contributed by atoms with E-state index in [4.69, 9.17) is 0 Å². The first-order chi connectivity index (χ1) is 9.72. The van der Waals surface area contributed by atoms with Crippen LogP contribution in [0, 0.1) is 11.7 Å². The molecule has 1 amide bonds. The molecule has 5 heteroatoms. The fourth-order valence-electron chi connectivity index (χ4n) is 2.05. The Morgan fingerprint density at radius 2 is 2.00 bits per heavy atom. The number of rotatable bonds is 4. The minimum absolute atomic E-state index is 0.0322. The predicted octanol–water partition coefficient (Wildman–Crippen LogP) is 2.50. The first kappa shape index (κ1) is 13.3. The second kappa shape index (κ2) is 5.73. The Balaban J connectivity index is 1.66. The van der Waals surface area contributed by atoms with Gasteiger partial charge >= 0.3 is 0 Å². The van der Waals surface area contributed by atoms with Crippen LogP contribution in [0.1, 0.15) is 9.67 Å². The number of halogens is 1. The van der Waals surface area contributed by atoms with Crippen molar-refractivity contribution in [2.24, 2.45) is 5.92 Å². The molecular weight excluding hydrogens is 275 g/mol. The monoisotopic (exact) mass is 290 g/mol. The quantitative estimate of drug-likeness (QED) is 0.908. The van der Waals surface area contributed by atoms with Crippen LogP contribution in [0.2, 0.25) is 0 Å². The van der Waals surface area contributed by atoms with Crippen molar-refractivity contribution < 1.29 is 9.18 Å². The van der Waals surface area contributed by atoms with Gasteiger partial charge in [-0.05, 0) is 29.8 Å². The zero-order chi connectivity index (χ0) is 13.9. The average molecular weight is 290 g/mol. The van der Waals surface area contributed by atoms with Crippen LogP contribution in [-0.4, -0.2) is 25.5 Å². The first-order valence-electron chi connectivity index (χ1n) is 6.57. The number of carbonyl (C=O) groups is 1. The number of amides is 1. The van der Waals surface area contributed by atoms with Crippen LogP contribution in [0.15, 0.2) is 36.4 Å². The van der Waals surface area contributed by atoms with E-state index in [9.17, 15) is 9.18 Å². The Hall–Kier alpha value is -1.72. The highest BCUT2D eigenvalue weighted by atomic mass is 32.1. The smallest absolute Gasteiger partial charge is 0.261 e. The molecule has 1 aliphatic heterocycles. The zero-order valence-corrected chi connectivity index (χ0v) is 11.7. The van der Waals surface area contributed by atoms with Gasteiger partial charge in [0.15, 0.2) is 0 Å². The summed E-state index contributed by atoms with van der Waals surface area (Å²) >= 11 is 1.43. The van der Waals surface area contributed by atoms with E-state index in [0.29, 0.717) is 10.8 Å². The van der Waals surface area contributed by atoms with Crippen LogP contribution in [0.3, 0.4) is 0 Å². The Kier molecular flexibility index (Phi) is 3.80. The van der Waals surface area contributed by atoms with Crippen LogP contribution in [0.25, 0.3) is 10.4 Å². The lowest BCUT2D eigenvalue weighted by Gasteiger charge is -2.26. The van der Waals surface area contributed by atoms with E-state index < -0.39 is 0 Å². The lowest BCUT2D eigenvalue weighted by atomic mass is 10.0. The third-order valence-electron chi connectivity index (χ3n) is 3.38. The van der Waals surface area contributed by atoms with Crippen molar-refractivity contribution in [1.82, 2.24) is 10.6 Å². The third-order valence-corrected chi connectivity index (χ3v) is 4.51. The summed E-state index contributed by atoms with van der Waals surface area (Å²) in [6.07, 6.45) is 0. The maximum atomic E-state index is 12.9. The highest BCUT2D eigenvalue weighted by molar-refractivity contribution is 7.17. The van der Waals surface area contributed by atoms with Gasteiger partial charge in [0.05, 0.1) is 4.88 Å². The number of hydrogen-bond donors (Lipinski definition) is 2. The van der Waals surface area contributed by atoms with Gasteiger partial charge in [0.1, 0.15) is 5.82 Å². The summed E-state index contributed by atoms with van der Waals surface area (Å²) in [6, 6.07) is 10.0. The molecule has 2 N–H and O–H groups in total. The van der Waals surface area contributed by atoms with Gasteiger partial charge in [-0.2, -0.15) is 0 Å². The zero-order valence-electron chi connectivity index (χ0n) is 10.9. The van der Waals surface area contributed by atoms with E-state index in [1.807, 2.05) is 12.1 Å². The van der Waals surface area contributed by atoms with Gasteiger partial charge in [-0.3, -0.25) is 4.79 Å². The molecule has 1 aromatic heterocycles. The molecule has 0 bridgehead atoms. The molecule has 1 aromatic carbocycles. The lowest BCUT2D eigenvalue weighted by Crippen LogP contribution is -2.48. The van der Waals surface area contributed by atoms with E-state index in [1.165, 1.54) is 23.5 Å². The molecule has 0 aliphatic carbocycles. The van der Waals surface area contributed by atoms with Crippen molar-refractivity contribution in [2.75, 3.05) is 19.6 Å². The molecule has 1 saturated heterocycles. The van der Waals surface area contributed by atoms with Gasteiger partial charge in [-0.15, -0.1) is 11.3 Å². The minimum Gasteiger partial charge on any atom is -0.351 e. The Bertz CT molecular complexity index is 605. The molecule has 2 heterocycles. The van der Waals surface area contributed by atoms with Crippen molar-refractivity contribution in [2.45, 2.75) is 0 Å². The standard InChI is InChI=1S/C15H15FN2OS/c16-12-3-1-11(2-4-12)13-5-6-14(20-13)15(19)18-9-10-7-17-8-10/h1-6,10,17H,7-9H2,(H,18,19). The van der Waals surface area contributed by atoms with Gasteiger partial charge in [0, 0.05) is 30.4 Å². The maximum absolute atomic E-state index is 12.9. The van der Waals surface area contributed by atoms with Crippen molar-refractivity contribution in [3.8, 4) is 10.4 Å². The molecule has 0 unspecified atom stereocenters. The largest absolute Gasteiger partial charge is 0.351 e. The van der Waals surface area contributed by atoms with Crippen LogP contribution >= 0.6 is 11.3 Å². The van der Waals surface area contributed by atoms with Gasteiger partial charge in [-0.1, -0.05) is 12.1 Å². The van der Waals surface area contributed by atoms with Crippen LogP contribution in [0.5, 0.6) is 0 Å². The van der Waals surface area contributed by atoms with Crippen molar-refractivity contribution in [1.29, 1.82) is 0 Å². The molecule has 3 nitrogen and oxygen atoms in total. The van der Waals surface area contributed by atoms with E-state index in [0.717, 1.165) is 30.1 Å². The summed E-state index contributed by atoms with van der Waals surface area (Å²) in [7, 11) is 0. The topological polar surface area (TPSA) is 41.1 Å². The van der Waals surface area contributed by atoms with Crippen molar-refractivity contribution in [3.05, 3.63) is 47.1 Å². The second-order valence-electron chi connectivity index (χ2n) is 4.91. The van der Waals surface area contributed by atoms with Crippen LogP contribution < -0.4 is 10.6 Å². The molecule has 1 fully saturated rings.